The van der Waals surface area contributed by atoms with Gasteiger partial charge >= 0.3 is 0 Å². The Morgan fingerprint density at radius 3 is 2.71 bits per heavy atom. The summed E-state index contributed by atoms with van der Waals surface area (Å²) in [7, 11) is -0.802. The maximum absolute atomic E-state index is 11.6. The zero-order valence-corrected chi connectivity index (χ0v) is 11.6. The third kappa shape index (κ3) is 5.61. The van der Waals surface area contributed by atoms with Gasteiger partial charge in [-0.2, -0.15) is 0 Å². The van der Waals surface area contributed by atoms with E-state index in [1.807, 2.05) is 13.8 Å². The van der Waals surface area contributed by atoms with Crippen molar-refractivity contribution in [2.45, 2.75) is 31.9 Å². The zero-order valence-electron chi connectivity index (χ0n) is 10.7. The molecule has 2 atom stereocenters. The van der Waals surface area contributed by atoms with Crippen molar-refractivity contribution in [3.8, 4) is 0 Å². The minimum Gasteiger partial charge on any atom is -0.363 e. The summed E-state index contributed by atoms with van der Waals surface area (Å²) in [6.07, 6.45) is 2.40. The number of hydrogen-bond donors (Lipinski definition) is 2. The topological polar surface area (TPSA) is 67.4 Å². The Hall–Kier alpha value is -0.460. The largest absolute Gasteiger partial charge is 0.363 e. The predicted molar refractivity (Wildman–Crippen MR) is 68.4 cm³/mol. The average molecular weight is 262 g/mol. The zero-order chi connectivity index (χ0) is 12.9. The van der Waals surface area contributed by atoms with Crippen LogP contribution in [0.5, 0.6) is 0 Å². The van der Waals surface area contributed by atoms with Crippen LogP contribution in [0.4, 0.5) is 0 Å². The van der Waals surface area contributed by atoms with Gasteiger partial charge in [-0.1, -0.05) is 0 Å². The summed E-state index contributed by atoms with van der Waals surface area (Å²) in [5.74, 6) is 0.511. The highest BCUT2D eigenvalue weighted by atomic mass is 32.2. The van der Waals surface area contributed by atoms with Crippen LogP contribution >= 0.6 is 0 Å². The van der Waals surface area contributed by atoms with Crippen LogP contribution in [0.25, 0.3) is 0 Å². The van der Waals surface area contributed by atoms with Crippen molar-refractivity contribution in [1.29, 1.82) is 0 Å². The van der Waals surface area contributed by atoms with Crippen molar-refractivity contribution in [2.75, 3.05) is 31.7 Å². The molecule has 6 heteroatoms. The number of carbonyl (C=O) groups is 1. The number of nitrogens with one attached hydrogen (secondary N) is 2. The molecule has 0 radical (unpaired) electrons. The summed E-state index contributed by atoms with van der Waals surface area (Å²) in [6.45, 7) is 5.59. The summed E-state index contributed by atoms with van der Waals surface area (Å²) in [4.78, 5) is 11.6. The van der Waals surface area contributed by atoms with Crippen molar-refractivity contribution < 1.29 is 13.7 Å². The molecule has 17 heavy (non-hydrogen) atoms. The molecule has 2 N–H and O–H groups in total. The number of carbonyl (C=O) groups excluding carboxylic acids is 1. The number of hydrogen-bond acceptors (Lipinski definition) is 4. The van der Waals surface area contributed by atoms with E-state index in [2.05, 4.69) is 10.6 Å². The van der Waals surface area contributed by atoms with E-state index < -0.39 is 10.8 Å². The highest BCUT2D eigenvalue weighted by molar-refractivity contribution is 7.84. The molecule has 1 saturated heterocycles. The monoisotopic (exact) mass is 262 g/mol. The summed E-state index contributed by atoms with van der Waals surface area (Å²) >= 11 is 0. The molecule has 0 aliphatic carbocycles. The molecule has 1 aliphatic heterocycles. The molecule has 100 valence electrons. The van der Waals surface area contributed by atoms with Gasteiger partial charge in [-0.3, -0.25) is 9.00 Å². The van der Waals surface area contributed by atoms with Gasteiger partial charge in [-0.05, 0) is 20.3 Å². The summed E-state index contributed by atoms with van der Waals surface area (Å²) in [5.41, 5.74) is -0.189. The first-order valence-corrected chi connectivity index (χ1v) is 7.58. The van der Waals surface area contributed by atoms with E-state index in [1.54, 1.807) is 6.26 Å². The van der Waals surface area contributed by atoms with E-state index >= 15 is 0 Å². The molecular weight excluding hydrogens is 240 g/mol. The first kappa shape index (κ1) is 14.6. The first-order valence-electron chi connectivity index (χ1n) is 5.85. The van der Waals surface area contributed by atoms with Gasteiger partial charge in [-0.15, -0.1) is 0 Å². The van der Waals surface area contributed by atoms with Gasteiger partial charge in [-0.25, -0.2) is 0 Å². The second-order valence-corrected chi connectivity index (χ2v) is 6.43. The van der Waals surface area contributed by atoms with Gasteiger partial charge in [0.05, 0.1) is 5.60 Å². The highest BCUT2D eigenvalue weighted by Gasteiger charge is 2.33. The van der Waals surface area contributed by atoms with Crippen molar-refractivity contribution in [1.82, 2.24) is 10.6 Å². The van der Waals surface area contributed by atoms with Crippen molar-refractivity contribution in [3.05, 3.63) is 0 Å². The molecule has 0 spiro atoms. The molecule has 0 aromatic carbocycles. The van der Waals surface area contributed by atoms with Gasteiger partial charge in [0.2, 0.25) is 5.91 Å². The lowest BCUT2D eigenvalue weighted by molar-refractivity contribution is -0.136. The lowest BCUT2D eigenvalue weighted by atomic mass is 10.0. The van der Waals surface area contributed by atoms with Crippen molar-refractivity contribution in [2.24, 2.45) is 0 Å². The number of rotatable bonds is 7. The second kappa shape index (κ2) is 6.47. The average Bonchev–Trinajstić information content (AvgIpc) is 2.21. The van der Waals surface area contributed by atoms with E-state index in [0.29, 0.717) is 5.75 Å². The minimum atomic E-state index is -0.802. The summed E-state index contributed by atoms with van der Waals surface area (Å²) in [5, 5.41) is 5.95. The first-order chi connectivity index (χ1) is 7.91. The lowest BCUT2D eigenvalue weighted by Crippen LogP contribution is -2.59. The van der Waals surface area contributed by atoms with Gasteiger partial charge in [0.1, 0.15) is 6.61 Å². The fraction of sp³-hybridized carbons (Fsp3) is 0.909. The van der Waals surface area contributed by atoms with Crippen LogP contribution in [0.2, 0.25) is 0 Å². The fourth-order valence-electron chi connectivity index (χ4n) is 1.55. The molecule has 5 nitrogen and oxygen atoms in total. The Bertz CT molecular complexity index is 292. The molecule has 1 rings (SSSR count). The van der Waals surface area contributed by atoms with Gasteiger partial charge in [0, 0.05) is 41.9 Å². The molecule has 0 aromatic rings. The molecule has 0 bridgehead atoms. The fourth-order valence-corrected chi connectivity index (χ4v) is 2.24. The van der Waals surface area contributed by atoms with Gasteiger partial charge < -0.3 is 15.4 Å². The van der Waals surface area contributed by atoms with Crippen LogP contribution < -0.4 is 10.6 Å². The summed E-state index contributed by atoms with van der Waals surface area (Å²) in [6, 6.07) is 0.0438. The van der Waals surface area contributed by atoms with Crippen LogP contribution in [0.3, 0.4) is 0 Å². The van der Waals surface area contributed by atoms with Gasteiger partial charge in [0.15, 0.2) is 0 Å². The van der Waals surface area contributed by atoms with E-state index in [0.717, 1.165) is 19.5 Å². The smallest absolute Gasteiger partial charge is 0.246 e. The van der Waals surface area contributed by atoms with Crippen molar-refractivity contribution >= 4 is 16.7 Å². The SMILES string of the molecule is CC(CCS(C)=O)NC(=O)COC1(C)CNC1. The van der Waals surface area contributed by atoms with Crippen LogP contribution in [0.1, 0.15) is 20.3 Å². The molecular formula is C11H22N2O3S. The van der Waals surface area contributed by atoms with E-state index in [1.165, 1.54) is 0 Å². The summed E-state index contributed by atoms with van der Waals surface area (Å²) < 4.78 is 16.4. The van der Waals surface area contributed by atoms with Crippen LogP contribution in [-0.2, 0) is 20.3 Å². The standard InChI is InChI=1S/C11H22N2O3S/c1-9(4-5-17(3)15)13-10(14)6-16-11(2)7-12-8-11/h9,12H,4-8H2,1-3H3,(H,13,14). The van der Waals surface area contributed by atoms with E-state index in [9.17, 15) is 9.00 Å². The Balaban J connectivity index is 2.13. The number of ether oxygens (including phenoxy) is 1. The highest BCUT2D eigenvalue weighted by Crippen LogP contribution is 2.14. The van der Waals surface area contributed by atoms with E-state index in [-0.39, 0.29) is 24.2 Å². The lowest BCUT2D eigenvalue weighted by Gasteiger charge is -2.38. The molecule has 1 fully saturated rings. The molecule has 1 amide bonds. The second-order valence-electron chi connectivity index (χ2n) is 4.88. The normalized spacial score (nSPS) is 21.4. The quantitative estimate of drug-likeness (QED) is 0.657. The third-order valence-corrected chi connectivity index (χ3v) is 3.61. The molecule has 2 unspecified atom stereocenters. The molecule has 1 aliphatic rings. The molecule has 0 aromatic heterocycles. The van der Waals surface area contributed by atoms with Crippen molar-refractivity contribution in [3.63, 3.8) is 0 Å². The van der Waals surface area contributed by atoms with Crippen LogP contribution in [-0.4, -0.2) is 53.5 Å². The number of amides is 1. The maximum atomic E-state index is 11.6. The van der Waals surface area contributed by atoms with E-state index in [4.69, 9.17) is 4.74 Å². The Kier molecular flexibility index (Phi) is 5.55. The Morgan fingerprint density at radius 2 is 2.24 bits per heavy atom. The molecule has 1 heterocycles. The minimum absolute atomic E-state index is 0.0438. The third-order valence-electron chi connectivity index (χ3n) is 2.80. The predicted octanol–water partition coefficient (Wildman–Crippen LogP) is -0.362. The maximum Gasteiger partial charge on any atom is 0.246 e. The Morgan fingerprint density at radius 1 is 1.59 bits per heavy atom. The van der Waals surface area contributed by atoms with Crippen LogP contribution in [0, 0.1) is 0 Å². The van der Waals surface area contributed by atoms with Gasteiger partial charge in [0.25, 0.3) is 0 Å². The molecule has 0 saturated carbocycles. The Labute approximate surface area is 105 Å². The van der Waals surface area contributed by atoms with Crippen LogP contribution in [0.15, 0.2) is 0 Å².